The Morgan fingerprint density at radius 1 is 1.11 bits per heavy atom. The maximum atomic E-state index is 13.2. The molecule has 35 heavy (non-hydrogen) atoms. The second kappa shape index (κ2) is 7.78. The number of sulfone groups is 1. The summed E-state index contributed by atoms with van der Waals surface area (Å²) in [6, 6.07) is 3.70. The number of halogens is 3. The number of likely N-dealkylation sites (tertiary alicyclic amines) is 1. The summed E-state index contributed by atoms with van der Waals surface area (Å²) >= 11 is 0. The van der Waals surface area contributed by atoms with Gasteiger partial charge in [0.2, 0.25) is 0 Å². The first-order valence-corrected chi connectivity index (χ1v) is 14.3. The van der Waals surface area contributed by atoms with Crippen molar-refractivity contribution in [1.82, 2.24) is 19.7 Å². The van der Waals surface area contributed by atoms with Crippen LogP contribution in [0.2, 0.25) is 0 Å². The lowest BCUT2D eigenvalue weighted by Crippen LogP contribution is -2.35. The summed E-state index contributed by atoms with van der Waals surface area (Å²) in [4.78, 5) is 6.34. The van der Waals surface area contributed by atoms with Crippen molar-refractivity contribution in [3.05, 3.63) is 35.8 Å². The number of nitrogens with zero attached hydrogens (tertiary/aromatic N) is 4. The summed E-state index contributed by atoms with van der Waals surface area (Å²) in [7, 11) is -2.88. The zero-order valence-electron chi connectivity index (χ0n) is 20.0. The molecule has 4 aliphatic rings. The van der Waals surface area contributed by atoms with Gasteiger partial charge in [0.15, 0.2) is 9.84 Å². The number of hydrogen-bond donors (Lipinski definition) is 0. The summed E-state index contributed by atoms with van der Waals surface area (Å²) in [5.74, 6) is 2.19. The van der Waals surface area contributed by atoms with Gasteiger partial charge >= 0.3 is 6.18 Å². The van der Waals surface area contributed by atoms with E-state index in [1.807, 2.05) is 24.6 Å². The van der Waals surface area contributed by atoms with Crippen LogP contribution in [0, 0.1) is 17.3 Å². The highest BCUT2D eigenvalue weighted by Gasteiger charge is 2.60. The normalized spacial score (nSPS) is 34.2. The molecule has 2 aliphatic carbocycles. The lowest BCUT2D eigenvalue weighted by atomic mass is 9.87. The van der Waals surface area contributed by atoms with Gasteiger partial charge in [-0.1, -0.05) is 0 Å². The van der Waals surface area contributed by atoms with Gasteiger partial charge in [0.25, 0.3) is 0 Å². The fourth-order valence-electron chi connectivity index (χ4n) is 7.08. The summed E-state index contributed by atoms with van der Waals surface area (Å²) in [6.07, 6.45) is 1.83. The van der Waals surface area contributed by atoms with Gasteiger partial charge in [-0.15, -0.1) is 0 Å². The third-order valence-corrected chi connectivity index (χ3v) is 10.7. The molecule has 6 rings (SSSR count). The minimum atomic E-state index is -4.44. The first-order valence-electron chi connectivity index (χ1n) is 12.5. The van der Waals surface area contributed by atoms with Gasteiger partial charge in [0.1, 0.15) is 0 Å². The van der Waals surface area contributed by atoms with Gasteiger partial charge in [-0.2, -0.15) is 18.3 Å². The predicted molar refractivity (Wildman–Crippen MR) is 125 cm³/mol. The SMILES string of the molecule is CC(C)n1nc(-c2cncc(C(F)(F)F)c2)cc1[C@H]1[C@@H]2C[C@H](N3CC[C@@]4(CCS(=O)(=O)C4)C3)C[C@@H]21. The molecular weight excluding hydrogens is 477 g/mol. The highest BCUT2D eigenvalue weighted by molar-refractivity contribution is 7.91. The van der Waals surface area contributed by atoms with E-state index in [2.05, 4.69) is 9.88 Å². The first-order chi connectivity index (χ1) is 16.4. The molecule has 2 aliphatic heterocycles. The number of fused-ring (bicyclic) bond motifs is 1. The van der Waals surface area contributed by atoms with Gasteiger partial charge in [0, 0.05) is 48.2 Å². The van der Waals surface area contributed by atoms with Crippen molar-refractivity contribution in [2.45, 2.75) is 63.7 Å². The van der Waals surface area contributed by atoms with Gasteiger partial charge in [-0.25, -0.2) is 8.42 Å². The summed E-state index contributed by atoms with van der Waals surface area (Å²) in [5, 5.41) is 4.69. The molecular formula is C25H31F3N4O2S. The molecule has 190 valence electrons. The Morgan fingerprint density at radius 2 is 1.86 bits per heavy atom. The Hall–Kier alpha value is -1.94. The Bertz CT molecular complexity index is 1250. The van der Waals surface area contributed by atoms with Crippen LogP contribution in [0.3, 0.4) is 0 Å². The monoisotopic (exact) mass is 508 g/mol. The number of rotatable bonds is 4. The minimum absolute atomic E-state index is 0.0326. The van der Waals surface area contributed by atoms with Crippen LogP contribution in [0.25, 0.3) is 11.3 Å². The number of alkyl halides is 3. The van der Waals surface area contributed by atoms with E-state index >= 15 is 0 Å². The Balaban J connectivity index is 1.17. The fourth-order valence-corrected chi connectivity index (χ4v) is 9.28. The molecule has 0 amide bonds. The molecule has 4 heterocycles. The molecule has 2 aromatic heterocycles. The average Bonchev–Trinajstić information content (AvgIpc) is 3.30. The van der Waals surface area contributed by atoms with Crippen LogP contribution in [0.4, 0.5) is 13.2 Å². The molecule has 0 radical (unpaired) electrons. The molecule has 0 N–H and O–H groups in total. The molecule has 0 bridgehead atoms. The van der Waals surface area contributed by atoms with E-state index in [4.69, 9.17) is 5.10 Å². The average molecular weight is 509 g/mol. The molecule has 10 heteroatoms. The molecule has 4 fully saturated rings. The molecule has 2 saturated heterocycles. The Labute approximate surface area is 203 Å². The molecule has 2 saturated carbocycles. The highest BCUT2D eigenvalue weighted by Crippen LogP contribution is 2.64. The van der Waals surface area contributed by atoms with Gasteiger partial charge in [-0.3, -0.25) is 14.6 Å². The van der Waals surface area contributed by atoms with Crippen molar-refractivity contribution >= 4 is 9.84 Å². The van der Waals surface area contributed by atoms with Crippen LogP contribution in [-0.4, -0.2) is 58.7 Å². The van der Waals surface area contributed by atoms with Gasteiger partial charge < -0.3 is 0 Å². The highest BCUT2D eigenvalue weighted by atomic mass is 32.2. The predicted octanol–water partition coefficient (Wildman–Crippen LogP) is 4.55. The van der Waals surface area contributed by atoms with Crippen LogP contribution < -0.4 is 0 Å². The van der Waals surface area contributed by atoms with Crippen LogP contribution in [-0.2, 0) is 16.0 Å². The number of hydrogen-bond acceptors (Lipinski definition) is 5. The van der Waals surface area contributed by atoms with Crippen molar-refractivity contribution in [3.63, 3.8) is 0 Å². The second-order valence-corrected chi connectivity index (χ2v) is 13.7. The Kier molecular flexibility index (Phi) is 5.21. The van der Waals surface area contributed by atoms with Crippen LogP contribution in [0.15, 0.2) is 24.5 Å². The maximum absolute atomic E-state index is 13.2. The molecule has 0 unspecified atom stereocenters. The Morgan fingerprint density at radius 3 is 2.49 bits per heavy atom. The number of pyridine rings is 1. The minimum Gasteiger partial charge on any atom is -0.300 e. The van der Waals surface area contributed by atoms with E-state index in [1.54, 1.807) is 0 Å². The zero-order chi connectivity index (χ0) is 24.8. The largest absolute Gasteiger partial charge is 0.417 e. The standard InChI is InChI=1S/C25H31F3N4O2S/c1-15(2)32-22(10-21(30-32)16-7-17(12-29-11-16)25(26,27)28)23-19-8-18(9-20(19)23)31-5-3-24(13-31)4-6-35(33,34)14-24/h7,10-12,15,18-20,23H,3-6,8-9,13-14H2,1-2H3/t18-,19+,20-,23-,24-/m1/s1. The van der Waals surface area contributed by atoms with Crippen LogP contribution >= 0.6 is 0 Å². The lowest BCUT2D eigenvalue weighted by molar-refractivity contribution is -0.137. The van der Waals surface area contributed by atoms with E-state index in [1.165, 1.54) is 6.20 Å². The smallest absolute Gasteiger partial charge is 0.300 e. The van der Waals surface area contributed by atoms with E-state index < -0.39 is 21.6 Å². The second-order valence-electron chi connectivity index (χ2n) is 11.5. The molecule has 0 aromatic carbocycles. The van der Waals surface area contributed by atoms with Gasteiger partial charge in [0.05, 0.1) is 22.8 Å². The first kappa shape index (κ1) is 23.5. The summed E-state index contributed by atoms with van der Waals surface area (Å²) in [5.41, 5.74) is 1.24. The van der Waals surface area contributed by atoms with Crippen LogP contribution in [0.5, 0.6) is 0 Å². The molecule has 5 atom stereocenters. The zero-order valence-corrected chi connectivity index (χ0v) is 20.8. The quantitative estimate of drug-likeness (QED) is 0.606. The number of aromatic nitrogens is 3. The van der Waals surface area contributed by atoms with E-state index in [0.717, 1.165) is 56.7 Å². The third-order valence-electron chi connectivity index (χ3n) is 8.83. The molecule has 6 nitrogen and oxygen atoms in total. The molecule has 2 aromatic rings. The van der Waals surface area contributed by atoms with Crippen molar-refractivity contribution in [1.29, 1.82) is 0 Å². The van der Waals surface area contributed by atoms with Crippen LogP contribution in [0.1, 0.15) is 62.7 Å². The van der Waals surface area contributed by atoms with Crippen molar-refractivity contribution < 1.29 is 21.6 Å². The van der Waals surface area contributed by atoms with Crippen molar-refractivity contribution in [3.8, 4) is 11.3 Å². The van der Waals surface area contributed by atoms with E-state index in [0.29, 0.717) is 46.6 Å². The van der Waals surface area contributed by atoms with Crippen molar-refractivity contribution in [2.75, 3.05) is 24.6 Å². The van der Waals surface area contributed by atoms with Crippen molar-refractivity contribution in [2.24, 2.45) is 17.3 Å². The lowest BCUT2D eigenvalue weighted by Gasteiger charge is -2.28. The maximum Gasteiger partial charge on any atom is 0.417 e. The topological polar surface area (TPSA) is 68.1 Å². The summed E-state index contributed by atoms with van der Waals surface area (Å²) in [6.45, 7) is 5.98. The summed E-state index contributed by atoms with van der Waals surface area (Å²) < 4.78 is 65.6. The third kappa shape index (κ3) is 4.10. The fraction of sp³-hybridized carbons (Fsp3) is 0.680. The van der Waals surface area contributed by atoms with E-state index in [-0.39, 0.29) is 11.5 Å². The molecule has 1 spiro atoms. The van der Waals surface area contributed by atoms with E-state index in [9.17, 15) is 21.6 Å². The van der Waals surface area contributed by atoms with Gasteiger partial charge in [-0.05, 0) is 75.5 Å².